The summed E-state index contributed by atoms with van der Waals surface area (Å²) in [5.41, 5.74) is 2.71. The van der Waals surface area contributed by atoms with Crippen LogP contribution in [0.15, 0.2) is 47.6 Å². The van der Waals surface area contributed by atoms with Crippen LogP contribution in [-0.2, 0) is 0 Å². The number of hydrogen-bond donors (Lipinski definition) is 1. The number of fused-ring (bicyclic) bond motifs is 1. The molecule has 1 aromatic heterocycles. The van der Waals surface area contributed by atoms with Crippen LogP contribution in [0.2, 0.25) is 0 Å². The van der Waals surface area contributed by atoms with Crippen molar-refractivity contribution in [1.29, 1.82) is 0 Å². The molecule has 4 rings (SSSR count). The molecule has 2 atom stereocenters. The van der Waals surface area contributed by atoms with Gasteiger partial charge in [0.05, 0.1) is 12.1 Å². The van der Waals surface area contributed by atoms with E-state index in [1.54, 1.807) is 7.11 Å². The quantitative estimate of drug-likeness (QED) is 0.670. The average molecular weight is 383 g/mol. The van der Waals surface area contributed by atoms with Gasteiger partial charge in [0.15, 0.2) is 0 Å². The van der Waals surface area contributed by atoms with Crippen LogP contribution in [0.4, 0.5) is 5.69 Å². The fraction of sp³-hybridized carbons (Fsp3) is 0.522. The summed E-state index contributed by atoms with van der Waals surface area (Å²) < 4.78 is 5.54. The normalized spacial score (nSPS) is 24.7. The second kappa shape index (κ2) is 7.75. The van der Waals surface area contributed by atoms with Gasteiger partial charge in [0.1, 0.15) is 5.75 Å². The molecule has 1 aliphatic carbocycles. The van der Waals surface area contributed by atoms with E-state index in [0.29, 0.717) is 11.3 Å². The zero-order valence-corrected chi connectivity index (χ0v) is 17.4. The van der Waals surface area contributed by atoms with E-state index < -0.39 is 0 Å². The lowest BCUT2D eigenvalue weighted by atomic mass is 9.67. The molecule has 1 fully saturated rings. The van der Waals surface area contributed by atoms with E-state index in [-0.39, 0.29) is 5.41 Å². The van der Waals surface area contributed by atoms with Crippen molar-refractivity contribution in [2.75, 3.05) is 12.4 Å². The molecule has 3 nitrogen and oxygen atoms in total. The fourth-order valence-electron chi connectivity index (χ4n) is 4.88. The molecule has 0 saturated heterocycles. The fourth-order valence-corrected chi connectivity index (χ4v) is 6.17. The number of anilines is 1. The molecule has 2 heterocycles. The first-order valence-electron chi connectivity index (χ1n) is 10.1. The standard InChI is InChI=1S/C23H30N2OS/c1-23(2)21(16-9-5-4-6-10-16)25-19-13-12-17(26-3)15-18(19)22(23)27-20-11-7-8-14-24-20/h7-8,11-16,21-22,25H,4-6,9-10H2,1-3H3. The van der Waals surface area contributed by atoms with Gasteiger partial charge in [-0.15, -0.1) is 0 Å². The van der Waals surface area contributed by atoms with Crippen molar-refractivity contribution in [1.82, 2.24) is 4.98 Å². The van der Waals surface area contributed by atoms with Gasteiger partial charge in [0.25, 0.3) is 0 Å². The summed E-state index contributed by atoms with van der Waals surface area (Å²) >= 11 is 1.89. The molecular formula is C23H30N2OS. The lowest BCUT2D eigenvalue weighted by Gasteiger charge is -2.50. The Morgan fingerprint density at radius 2 is 1.93 bits per heavy atom. The molecule has 1 saturated carbocycles. The predicted octanol–water partition coefficient (Wildman–Crippen LogP) is 6.32. The number of nitrogens with zero attached hydrogens (tertiary/aromatic N) is 1. The summed E-state index contributed by atoms with van der Waals surface area (Å²) in [5, 5.41) is 5.36. The molecule has 1 aliphatic heterocycles. The van der Waals surface area contributed by atoms with Crippen LogP contribution in [0.5, 0.6) is 5.75 Å². The zero-order valence-electron chi connectivity index (χ0n) is 16.6. The number of hydrogen-bond acceptors (Lipinski definition) is 4. The van der Waals surface area contributed by atoms with Gasteiger partial charge in [0.2, 0.25) is 0 Å². The Morgan fingerprint density at radius 3 is 2.63 bits per heavy atom. The van der Waals surface area contributed by atoms with Gasteiger partial charge < -0.3 is 10.1 Å². The van der Waals surface area contributed by atoms with E-state index in [1.807, 2.05) is 24.0 Å². The molecule has 2 aliphatic rings. The topological polar surface area (TPSA) is 34.1 Å². The van der Waals surface area contributed by atoms with Crippen LogP contribution in [-0.4, -0.2) is 18.1 Å². The third kappa shape index (κ3) is 3.69. The van der Waals surface area contributed by atoms with Gasteiger partial charge in [0, 0.05) is 28.6 Å². The molecule has 2 aromatic rings. The van der Waals surface area contributed by atoms with E-state index in [1.165, 1.54) is 43.4 Å². The maximum atomic E-state index is 5.54. The summed E-state index contributed by atoms with van der Waals surface area (Å²) in [6.45, 7) is 4.87. The van der Waals surface area contributed by atoms with Gasteiger partial charge in [-0.1, -0.05) is 50.9 Å². The number of ether oxygens (including phenoxy) is 1. The maximum Gasteiger partial charge on any atom is 0.119 e. The van der Waals surface area contributed by atoms with E-state index in [4.69, 9.17) is 4.74 Å². The van der Waals surface area contributed by atoms with Crippen molar-refractivity contribution in [2.45, 2.75) is 62.3 Å². The van der Waals surface area contributed by atoms with Gasteiger partial charge in [-0.25, -0.2) is 4.98 Å². The van der Waals surface area contributed by atoms with Gasteiger partial charge in [-0.05, 0) is 54.7 Å². The second-order valence-electron chi connectivity index (χ2n) is 8.46. The van der Waals surface area contributed by atoms with Crippen molar-refractivity contribution in [2.24, 2.45) is 11.3 Å². The number of aromatic nitrogens is 1. The third-order valence-corrected chi connectivity index (χ3v) is 7.91. The highest BCUT2D eigenvalue weighted by atomic mass is 32.2. The monoisotopic (exact) mass is 382 g/mol. The smallest absolute Gasteiger partial charge is 0.119 e. The molecular weight excluding hydrogens is 352 g/mol. The Hall–Kier alpha value is -1.68. The van der Waals surface area contributed by atoms with E-state index in [2.05, 4.69) is 54.5 Å². The number of benzene rings is 1. The first-order chi connectivity index (χ1) is 13.1. The Kier molecular flexibility index (Phi) is 5.36. The lowest BCUT2D eigenvalue weighted by Crippen LogP contribution is -2.48. The highest BCUT2D eigenvalue weighted by Crippen LogP contribution is 2.57. The van der Waals surface area contributed by atoms with Crippen LogP contribution < -0.4 is 10.1 Å². The molecule has 27 heavy (non-hydrogen) atoms. The van der Waals surface area contributed by atoms with Crippen molar-refractivity contribution < 1.29 is 4.74 Å². The SMILES string of the molecule is COc1ccc2c(c1)C(Sc1ccccn1)C(C)(C)C(C1CCCCC1)N2. The summed E-state index contributed by atoms with van der Waals surface area (Å²) in [6, 6.07) is 13.2. The van der Waals surface area contributed by atoms with Crippen LogP contribution in [0.25, 0.3) is 0 Å². The highest BCUT2D eigenvalue weighted by Gasteiger charge is 2.47. The van der Waals surface area contributed by atoms with Gasteiger partial charge in [-0.3, -0.25) is 0 Å². The molecule has 0 radical (unpaired) electrons. The molecule has 0 bridgehead atoms. The predicted molar refractivity (Wildman–Crippen MR) is 114 cm³/mol. The van der Waals surface area contributed by atoms with Crippen LogP contribution in [0.3, 0.4) is 0 Å². The van der Waals surface area contributed by atoms with Gasteiger partial charge >= 0.3 is 0 Å². The molecule has 1 N–H and O–H groups in total. The van der Waals surface area contributed by atoms with Gasteiger partial charge in [-0.2, -0.15) is 0 Å². The third-order valence-electron chi connectivity index (χ3n) is 6.33. The minimum Gasteiger partial charge on any atom is -0.497 e. The second-order valence-corrected chi connectivity index (χ2v) is 9.59. The minimum atomic E-state index is 0.115. The largest absolute Gasteiger partial charge is 0.497 e. The lowest BCUT2D eigenvalue weighted by molar-refractivity contribution is 0.181. The maximum absolute atomic E-state index is 5.54. The van der Waals surface area contributed by atoms with Crippen LogP contribution >= 0.6 is 11.8 Å². The van der Waals surface area contributed by atoms with E-state index in [0.717, 1.165) is 16.7 Å². The van der Waals surface area contributed by atoms with Crippen LogP contribution in [0, 0.1) is 11.3 Å². The summed E-state index contributed by atoms with van der Waals surface area (Å²) in [4.78, 5) is 4.60. The number of methoxy groups -OCH3 is 1. The first kappa shape index (κ1) is 18.7. The highest BCUT2D eigenvalue weighted by molar-refractivity contribution is 7.99. The van der Waals surface area contributed by atoms with Crippen molar-refractivity contribution in [3.63, 3.8) is 0 Å². The molecule has 1 aromatic carbocycles. The number of rotatable bonds is 4. The average Bonchev–Trinajstić information content (AvgIpc) is 2.71. The summed E-state index contributed by atoms with van der Waals surface area (Å²) in [6.07, 6.45) is 8.70. The van der Waals surface area contributed by atoms with Crippen molar-refractivity contribution in [3.05, 3.63) is 48.2 Å². The van der Waals surface area contributed by atoms with Crippen molar-refractivity contribution in [3.8, 4) is 5.75 Å². The number of pyridine rings is 1. The molecule has 4 heteroatoms. The molecule has 144 valence electrons. The van der Waals surface area contributed by atoms with E-state index >= 15 is 0 Å². The molecule has 2 unspecified atom stereocenters. The van der Waals surface area contributed by atoms with Crippen LogP contribution in [0.1, 0.15) is 56.8 Å². The molecule has 0 amide bonds. The zero-order chi connectivity index (χ0) is 18.9. The minimum absolute atomic E-state index is 0.115. The Morgan fingerprint density at radius 1 is 1.11 bits per heavy atom. The summed E-state index contributed by atoms with van der Waals surface area (Å²) in [5.74, 6) is 1.67. The van der Waals surface area contributed by atoms with Crippen molar-refractivity contribution >= 4 is 17.4 Å². The summed E-state index contributed by atoms with van der Waals surface area (Å²) in [7, 11) is 1.74. The number of nitrogens with one attached hydrogen (secondary N) is 1. The molecule has 0 spiro atoms. The Labute approximate surface area is 167 Å². The van der Waals surface area contributed by atoms with E-state index in [9.17, 15) is 0 Å². The number of thioether (sulfide) groups is 1. The first-order valence-corrected chi connectivity index (χ1v) is 11.0. The Bertz CT molecular complexity index is 771. The Balaban J connectivity index is 1.74.